The van der Waals surface area contributed by atoms with Gasteiger partial charge < -0.3 is 9.88 Å². The van der Waals surface area contributed by atoms with E-state index in [1.165, 1.54) is 4.57 Å². The van der Waals surface area contributed by atoms with Crippen LogP contribution in [0, 0.1) is 0 Å². The Morgan fingerprint density at radius 2 is 1.74 bits per heavy atom. The molecular formula is C19H18N2O2. The number of amides is 1. The summed E-state index contributed by atoms with van der Waals surface area (Å²) >= 11 is 0. The van der Waals surface area contributed by atoms with E-state index in [-0.39, 0.29) is 24.1 Å². The molecule has 0 fully saturated rings. The van der Waals surface area contributed by atoms with Crippen molar-refractivity contribution in [3.63, 3.8) is 0 Å². The molecule has 0 aliphatic rings. The van der Waals surface area contributed by atoms with E-state index in [4.69, 9.17) is 0 Å². The fourth-order valence-corrected chi connectivity index (χ4v) is 2.62. The zero-order valence-electron chi connectivity index (χ0n) is 12.9. The van der Waals surface area contributed by atoms with Gasteiger partial charge in [-0.3, -0.25) is 9.59 Å². The maximum atomic E-state index is 12.4. The van der Waals surface area contributed by atoms with Gasteiger partial charge in [0, 0.05) is 11.6 Å². The van der Waals surface area contributed by atoms with E-state index in [0.717, 1.165) is 10.9 Å². The lowest BCUT2D eigenvalue weighted by atomic mass is 10.1. The molecule has 4 heteroatoms. The Hall–Kier alpha value is -2.88. The highest BCUT2D eigenvalue weighted by Crippen LogP contribution is 2.11. The Labute approximate surface area is 134 Å². The summed E-state index contributed by atoms with van der Waals surface area (Å²) in [5, 5.41) is 4.43. The molecule has 23 heavy (non-hydrogen) atoms. The number of nitrogens with one attached hydrogen (secondary N) is 1. The second-order valence-electron chi connectivity index (χ2n) is 5.54. The molecule has 0 bridgehead atoms. The topological polar surface area (TPSA) is 51.1 Å². The monoisotopic (exact) mass is 306 g/mol. The fraction of sp³-hybridized carbons (Fsp3) is 0.158. The summed E-state index contributed by atoms with van der Waals surface area (Å²) in [4.78, 5) is 24.6. The molecule has 0 saturated carbocycles. The molecule has 0 aliphatic heterocycles. The number of carbonyl (C=O) groups excluding carboxylic acids is 1. The third-order valence-electron chi connectivity index (χ3n) is 3.88. The molecule has 1 N–H and O–H groups in total. The first-order valence-electron chi connectivity index (χ1n) is 7.57. The zero-order chi connectivity index (χ0) is 16.2. The highest BCUT2D eigenvalue weighted by molar-refractivity contribution is 5.82. The summed E-state index contributed by atoms with van der Waals surface area (Å²) in [5.41, 5.74) is 0.886. The number of fused-ring (bicyclic) bond motifs is 1. The Balaban J connectivity index is 1.76. The van der Waals surface area contributed by atoms with Crippen molar-refractivity contribution >= 4 is 16.7 Å². The molecule has 116 valence electrons. The normalized spacial score (nSPS) is 12.0. The smallest absolute Gasteiger partial charge is 0.258 e. The molecule has 1 heterocycles. The second-order valence-corrected chi connectivity index (χ2v) is 5.54. The third-order valence-corrected chi connectivity index (χ3v) is 3.88. The average Bonchev–Trinajstić information content (AvgIpc) is 2.58. The number of carbonyl (C=O) groups is 1. The lowest BCUT2D eigenvalue weighted by molar-refractivity contribution is -0.122. The first-order chi connectivity index (χ1) is 11.1. The van der Waals surface area contributed by atoms with Crippen molar-refractivity contribution in [3.05, 3.63) is 82.8 Å². The molecule has 0 saturated heterocycles. The van der Waals surface area contributed by atoms with Crippen molar-refractivity contribution in [2.45, 2.75) is 19.5 Å². The van der Waals surface area contributed by atoms with Gasteiger partial charge in [0.05, 0.1) is 6.04 Å². The highest BCUT2D eigenvalue weighted by Gasteiger charge is 2.11. The van der Waals surface area contributed by atoms with Crippen molar-refractivity contribution < 1.29 is 4.79 Å². The van der Waals surface area contributed by atoms with Crippen molar-refractivity contribution in [2.24, 2.45) is 0 Å². The van der Waals surface area contributed by atoms with E-state index in [2.05, 4.69) is 5.32 Å². The van der Waals surface area contributed by atoms with E-state index < -0.39 is 0 Å². The predicted octanol–water partition coefficient (Wildman–Crippen LogP) is 2.88. The molecule has 1 atom stereocenters. The third kappa shape index (κ3) is 3.31. The Bertz CT molecular complexity index is 885. The van der Waals surface area contributed by atoms with Crippen LogP contribution in [0.15, 0.2) is 71.7 Å². The van der Waals surface area contributed by atoms with Crippen LogP contribution < -0.4 is 10.9 Å². The van der Waals surface area contributed by atoms with Crippen LogP contribution in [0.25, 0.3) is 10.8 Å². The van der Waals surface area contributed by atoms with E-state index in [0.29, 0.717) is 5.39 Å². The summed E-state index contributed by atoms with van der Waals surface area (Å²) in [6.07, 6.45) is 1.66. The van der Waals surface area contributed by atoms with Gasteiger partial charge in [0.15, 0.2) is 0 Å². The van der Waals surface area contributed by atoms with Gasteiger partial charge in [-0.15, -0.1) is 0 Å². The average molecular weight is 306 g/mol. The number of benzene rings is 2. The second kappa shape index (κ2) is 6.48. The first kappa shape index (κ1) is 15.0. The van der Waals surface area contributed by atoms with Gasteiger partial charge in [-0.2, -0.15) is 0 Å². The molecule has 0 spiro atoms. The van der Waals surface area contributed by atoms with Gasteiger partial charge in [-0.25, -0.2) is 0 Å². The molecule has 3 aromatic rings. The summed E-state index contributed by atoms with van der Waals surface area (Å²) in [5.74, 6) is -0.182. The molecule has 3 rings (SSSR count). The summed E-state index contributed by atoms with van der Waals surface area (Å²) in [6.45, 7) is 1.94. The quantitative estimate of drug-likeness (QED) is 0.806. The SMILES string of the molecule is CC(NC(=O)Cn1ccc2ccccc2c1=O)c1ccccc1. The lowest BCUT2D eigenvalue weighted by Crippen LogP contribution is -2.33. The number of hydrogen-bond donors (Lipinski definition) is 1. The Morgan fingerprint density at radius 1 is 1.04 bits per heavy atom. The van der Waals surface area contributed by atoms with Crippen LogP contribution in [0.2, 0.25) is 0 Å². The van der Waals surface area contributed by atoms with Crippen molar-refractivity contribution in [3.8, 4) is 0 Å². The van der Waals surface area contributed by atoms with Crippen LogP contribution in [0.1, 0.15) is 18.5 Å². The minimum Gasteiger partial charge on any atom is -0.348 e. The van der Waals surface area contributed by atoms with Crippen LogP contribution in [0.5, 0.6) is 0 Å². The van der Waals surface area contributed by atoms with Crippen molar-refractivity contribution in [1.82, 2.24) is 9.88 Å². The Morgan fingerprint density at radius 3 is 2.52 bits per heavy atom. The number of aromatic nitrogens is 1. The standard InChI is InChI=1S/C19H18N2O2/c1-14(15-7-3-2-4-8-15)20-18(22)13-21-12-11-16-9-5-6-10-17(16)19(21)23/h2-12,14H,13H2,1H3,(H,20,22). The van der Waals surface area contributed by atoms with Gasteiger partial charge in [0.25, 0.3) is 5.56 Å². The van der Waals surface area contributed by atoms with Gasteiger partial charge in [0.1, 0.15) is 6.54 Å². The number of rotatable bonds is 4. The van der Waals surface area contributed by atoms with E-state index in [1.54, 1.807) is 12.3 Å². The predicted molar refractivity (Wildman–Crippen MR) is 91.2 cm³/mol. The molecule has 4 nitrogen and oxygen atoms in total. The van der Waals surface area contributed by atoms with Gasteiger partial charge in [0.2, 0.25) is 5.91 Å². The zero-order valence-corrected chi connectivity index (χ0v) is 12.9. The fourth-order valence-electron chi connectivity index (χ4n) is 2.62. The van der Waals surface area contributed by atoms with Gasteiger partial charge in [-0.05, 0) is 30.0 Å². The summed E-state index contributed by atoms with van der Waals surface area (Å²) < 4.78 is 1.44. The molecule has 0 radical (unpaired) electrons. The molecule has 1 aromatic heterocycles. The minimum absolute atomic E-state index is 0.0147. The van der Waals surface area contributed by atoms with E-state index in [9.17, 15) is 9.59 Å². The lowest BCUT2D eigenvalue weighted by Gasteiger charge is -2.15. The van der Waals surface area contributed by atoms with Crippen LogP contribution in [0.3, 0.4) is 0 Å². The van der Waals surface area contributed by atoms with Crippen molar-refractivity contribution in [1.29, 1.82) is 0 Å². The number of pyridine rings is 1. The largest absolute Gasteiger partial charge is 0.348 e. The van der Waals surface area contributed by atoms with E-state index >= 15 is 0 Å². The van der Waals surface area contributed by atoms with Crippen LogP contribution in [0.4, 0.5) is 0 Å². The molecule has 1 amide bonds. The van der Waals surface area contributed by atoms with Crippen LogP contribution >= 0.6 is 0 Å². The molecule has 2 aromatic carbocycles. The van der Waals surface area contributed by atoms with Crippen molar-refractivity contribution in [2.75, 3.05) is 0 Å². The molecular weight excluding hydrogens is 288 g/mol. The Kier molecular flexibility index (Phi) is 4.24. The number of nitrogens with zero attached hydrogens (tertiary/aromatic N) is 1. The summed E-state index contributed by atoms with van der Waals surface area (Å²) in [7, 11) is 0. The maximum absolute atomic E-state index is 12.4. The van der Waals surface area contributed by atoms with Gasteiger partial charge >= 0.3 is 0 Å². The number of hydrogen-bond acceptors (Lipinski definition) is 2. The first-order valence-corrected chi connectivity index (χ1v) is 7.57. The van der Waals surface area contributed by atoms with Crippen LogP contribution in [-0.2, 0) is 11.3 Å². The minimum atomic E-state index is -0.182. The van der Waals surface area contributed by atoms with Gasteiger partial charge in [-0.1, -0.05) is 48.5 Å². The summed E-state index contributed by atoms with van der Waals surface area (Å²) in [6, 6.07) is 18.9. The maximum Gasteiger partial charge on any atom is 0.258 e. The van der Waals surface area contributed by atoms with E-state index in [1.807, 2.05) is 61.5 Å². The molecule has 0 aliphatic carbocycles. The van der Waals surface area contributed by atoms with Crippen LogP contribution in [-0.4, -0.2) is 10.5 Å². The highest BCUT2D eigenvalue weighted by atomic mass is 16.2. The molecule has 1 unspecified atom stereocenters.